The minimum absolute atomic E-state index is 0.193. The number of anilines is 1. The third kappa shape index (κ3) is 4.72. The molecule has 2 aromatic rings. The van der Waals surface area contributed by atoms with Gasteiger partial charge in [0.05, 0.1) is 6.54 Å². The molecule has 1 saturated heterocycles. The number of hydrogen-bond donors (Lipinski definition) is 1. The van der Waals surface area contributed by atoms with Crippen LogP contribution in [0.4, 0.5) is 5.69 Å². The molecule has 0 unspecified atom stereocenters. The zero-order chi connectivity index (χ0) is 20.1. The van der Waals surface area contributed by atoms with Gasteiger partial charge in [0.15, 0.2) is 0 Å². The van der Waals surface area contributed by atoms with Crippen LogP contribution in [-0.2, 0) is 28.0 Å². The Labute approximate surface area is 171 Å². The molecule has 2 aromatic carbocycles. The summed E-state index contributed by atoms with van der Waals surface area (Å²) >= 11 is 6.18. The zero-order valence-corrected chi connectivity index (χ0v) is 17.3. The van der Waals surface area contributed by atoms with E-state index in [2.05, 4.69) is 5.32 Å². The third-order valence-electron chi connectivity index (χ3n) is 4.76. The molecule has 6 nitrogen and oxygen atoms in total. The minimum atomic E-state index is -3.74. The van der Waals surface area contributed by atoms with E-state index in [-0.39, 0.29) is 19.0 Å². The Kier molecular flexibility index (Phi) is 6.72. The lowest BCUT2D eigenvalue weighted by atomic mass is 10.1. The van der Waals surface area contributed by atoms with Crippen molar-refractivity contribution in [3.05, 3.63) is 64.7 Å². The second-order valence-corrected chi connectivity index (χ2v) is 9.01. The molecule has 1 fully saturated rings. The fraction of sp³-hybridized carbons (Fsp3) is 0.350. The van der Waals surface area contributed by atoms with Crippen molar-refractivity contribution >= 4 is 33.4 Å². The van der Waals surface area contributed by atoms with E-state index in [0.717, 1.165) is 23.2 Å². The molecular formula is C20H24ClN3O3S. The van der Waals surface area contributed by atoms with Crippen LogP contribution in [-0.4, -0.2) is 42.6 Å². The summed E-state index contributed by atoms with van der Waals surface area (Å²) in [6.45, 7) is 2.72. The Morgan fingerprint density at radius 2 is 1.68 bits per heavy atom. The van der Waals surface area contributed by atoms with Crippen molar-refractivity contribution in [1.82, 2.24) is 8.61 Å². The average molecular weight is 422 g/mol. The van der Waals surface area contributed by atoms with Gasteiger partial charge in [-0.1, -0.05) is 54.9 Å². The van der Waals surface area contributed by atoms with E-state index >= 15 is 0 Å². The van der Waals surface area contributed by atoms with Crippen LogP contribution in [0.5, 0.6) is 0 Å². The monoisotopic (exact) mass is 421 g/mol. The van der Waals surface area contributed by atoms with Crippen LogP contribution in [0.1, 0.15) is 24.5 Å². The van der Waals surface area contributed by atoms with Gasteiger partial charge in [-0.15, -0.1) is 0 Å². The third-order valence-corrected chi connectivity index (χ3v) is 7.06. The molecule has 0 aliphatic carbocycles. The summed E-state index contributed by atoms with van der Waals surface area (Å²) in [6, 6.07) is 14.7. The molecular weight excluding hydrogens is 398 g/mol. The van der Waals surface area contributed by atoms with Crippen molar-refractivity contribution in [2.45, 2.75) is 26.3 Å². The summed E-state index contributed by atoms with van der Waals surface area (Å²) in [5.74, 6) is -0.343. The summed E-state index contributed by atoms with van der Waals surface area (Å²) in [7, 11) is -3.74. The number of carbonyl (C=O) groups is 1. The molecule has 1 aliphatic rings. The highest BCUT2D eigenvalue weighted by molar-refractivity contribution is 7.86. The maximum absolute atomic E-state index is 13.0. The second-order valence-electron chi connectivity index (χ2n) is 6.68. The fourth-order valence-corrected chi connectivity index (χ4v) is 5.08. The largest absolute Gasteiger partial charge is 0.325 e. The standard InChI is InChI=1S/C20H24ClN3O3S/c1-2-16-8-4-6-11-19(16)22-20(25)15-24-13-7-12-23(28(24,26)27)14-17-9-3-5-10-18(17)21/h3-6,8-11H,2,7,12-15H2,1H3,(H,22,25). The predicted octanol–water partition coefficient (Wildman–Crippen LogP) is 3.29. The lowest BCUT2D eigenvalue weighted by molar-refractivity contribution is -0.116. The Bertz CT molecular complexity index is 949. The molecule has 0 saturated carbocycles. The van der Waals surface area contributed by atoms with Crippen LogP contribution in [0.2, 0.25) is 5.02 Å². The van der Waals surface area contributed by atoms with Gasteiger partial charge in [0.25, 0.3) is 10.2 Å². The van der Waals surface area contributed by atoms with Gasteiger partial charge in [-0.05, 0) is 36.1 Å². The SMILES string of the molecule is CCc1ccccc1NC(=O)CN1CCCN(Cc2ccccc2Cl)S1(=O)=O. The number of aryl methyl sites for hydroxylation is 1. The van der Waals surface area contributed by atoms with Crippen LogP contribution in [0.25, 0.3) is 0 Å². The number of para-hydroxylation sites is 1. The van der Waals surface area contributed by atoms with Gasteiger partial charge in [0, 0.05) is 30.3 Å². The number of nitrogens with one attached hydrogen (secondary N) is 1. The Hall–Kier alpha value is -1.93. The summed E-state index contributed by atoms with van der Waals surface area (Å²) in [6.07, 6.45) is 1.44. The lowest BCUT2D eigenvalue weighted by Crippen LogP contribution is -2.51. The van der Waals surface area contributed by atoms with Crippen LogP contribution in [0.3, 0.4) is 0 Å². The number of amides is 1. The maximum atomic E-state index is 13.0. The Morgan fingerprint density at radius 1 is 1.04 bits per heavy atom. The van der Waals surface area contributed by atoms with Gasteiger partial charge in [-0.2, -0.15) is 17.0 Å². The van der Waals surface area contributed by atoms with Crippen molar-refractivity contribution in [3.8, 4) is 0 Å². The fourth-order valence-electron chi connectivity index (χ4n) is 3.26. The van der Waals surface area contributed by atoms with E-state index in [1.165, 1.54) is 8.61 Å². The Morgan fingerprint density at radius 3 is 2.39 bits per heavy atom. The van der Waals surface area contributed by atoms with Crippen LogP contribution < -0.4 is 5.32 Å². The van der Waals surface area contributed by atoms with Gasteiger partial charge >= 0.3 is 0 Å². The molecule has 0 spiro atoms. The minimum Gasteiger partial charge on any atom is -0.325 e. The number of halogens is 1. The molecule has 0 radical (unpaired) electrons. The molecule has 150 valence electrons. The summed E-state index contributed by atoms with van der Waals surface area (Å²) < 4.78 is 28.6. The van der Waals surface area contributed by atoms with E-state index < -0.39 is 10.2 Å². The van der Waals surface area contributed by atoms with Crippen molar-refractivity contribution in [2.24, 2.45) is 0 Å². The molecule has 3 rings (SSSR count). The van der Waals surface area contributed by atoms with Crippen molar-refractivity contribution in [2.75, 3.05) is 25.0 Å². The quantitative estimate of drug-likeness (QED) is 0.778. The number of rotatable bonds is 6. The lowest BCUT2D eigenvalue weighted by Gasteiger charge is -2.34. The normalized spacial score (nSPS) is 17.4. The molecule has 1 amide bonds. The first-order valence-electron chi connectivity index (χ1n) is 9.28. The number of carbonyl (C=O) groups excluding carboxylic acids is 1. The number of benzene rings is 2. The molecule has 0 atom stereocenters. The van der Waals surface area contributed by atoms with Gasteiger partial charge in [-0.3, -0.25) is 4.79 Å². The van der Waals surface area contributed by atoms with Crippen LogP contribution >= 0.6 is 11.6 Å². The highest BCUT2D eigenvalue weighted by Crippen LogP contribution is 2.23. The van der Waals surface area contributed by atoms with E-state index in [9.17, 15) is 13.2 Å². The molecule has 0 bridgehead atoms. The molecule has 1 N–H and O–H groups in total. The number of nitrogens with zero attached hydrogens (tertiary/aromatic N) is 2. The van der Waals surface area contributed by atoms with E-state index in [0.29, 0.717) is 24.5 Å². The van der Waals surface area contributed by atoms with Crippen LogP contribution in [0, 0.1) is 0 Å². The summed E-state index contributed by atoms with van der Waals surface area (Å²) in [5, 5.41) is 3.37. The molecule has 1 aliphatic heterocycles. The van der Waals surface area contributed by atoms with Gasteiger partial charge in [0.2, 0.25) is 5.91 Å². The molecule has 8 heteroatoms. The molecule has 0 aromatic heterocycles. The summed E-state index contributed by atoms with van der Waals surface area (Å²) in [4.78, 5) is 12.5. The predicted molar refractivity (Wildman–Crippen MR) is 111 cm³/mol. The van der Waals surface area contributed by atoms with Crippen molar-refractivity contribution in [3.63, 3.8) is 0 Å². The van der Waals surface area contributed by atoms with E-state index in [4.69, 9.17) is 11.6 Å². The molecule has 28 heavy (non-hydrogen) atoms. The highest BCUT2D eigenvalue weighted by Gasteiger charge is 2.35. The maximum Gasteiger partial charge on any atom is 0.282 e. The molecule has 1 heterocycles. The first-order chi connectivity index (χ1) is 13.4. The topological polar surface area (TPSA) is 69.7 Å². The first kappa shape index (κ1) is 20.8. The smallest absolute Gasteiger partial charge is 0.282 e. The zero-order valence-electron chi connectivity index (χ0n) is 15.8. The number of hydrogen-bond acceptors (Lipinski definition) is 3. The van der Waals surface area contributed by atoms with E-state index in [1.807, 2.05) is 43.3 Å². The van der Waals surface area contributed by atoms with E-state index in [1.54, 1.807) is 12.1 Å². The van der Waals surface area contributed by atoms with Crippen molar-refractivity contribution in [1.29, 1.82) is 0 Å². The van der Waals surface area contributed by atoms with Gasteiger partial charge in [0.1, 0.15) is 0 Å². The van der Waals surface area contributed by atoms with Crippen LogP contribution in [0.15, 0.2) is 48.5 Å². The highest BCUT2D eigenvalue weighted by atomic mass is 35.5. The van der Waals surface area contributed by atoms with Gasteiger partial charge in [-0.25, -0.2) is 0 Å². The van der Waals surface area contributed by atoms with Crippen molar-refractivity contribution < 1.29 is 13.2 Å². The van der Waals surface area contributed by atoms with Gasteiger partial charge < -0.3 is 5.32 Å². The first-order valence-corrected chi connectivity index (χ1v) is 11.1. The summed E-state index contributed by atoms with van der Waals surface area (Å²) in [5.41, 5.74) is 2.48. The Balaban J connectivity index is 1.70. The second kappa shape index (κ2) is 9.05. The average Bonchev–Trinajstić information content (AvgIpc) is 2.67.